The van der Waals surface area contributed by atoms with Crippen LogP contribution in [0.4, 0.5) is 0 Å². The summed E-state index contributed by atoms with van der Waals surface area (Å²) in [6.07, 6.45) is -0.205. The van der Waals surface area contributed by atoms with Gasteiger partial charge in [0.1, 0.15) is 6.10 Å². The lowest BCUT2D eigenvalue weighted by atomic mass is 10.1. The van der Waals surface area contributed by atoms with Gasteiger partial charge in [-0.15, -0.1) is 0 Å². The van der Waals surface area contributed by atoms with Gasteiger partial charge >= 0.3 is 11.8 Å². The lowest BCUT2D eigenvalue weighted by Crippen LogP contribution is -2.48. The Balaban J connectivity index is 1.45. The minimum absolute atomic E-state index is 0.127. The van der Waals surface area contributed by atoms with E-state index in [-0.39, 0.29) is 25.1 Å². The van der Waals surface area contributed by atoms with Crippen molar-refractivity contribution in [1.29, 1.82) is 0 Å². The minimum Gasteiger partial charge on any atom is -0.370 e. The van der Waals surface area contributed by atoms with Crippen molar-refractivity contribution in [2.24, 2.45) is 0 Å². The van der Waals surface area contributed by atoms with E-state index in [1.165, 1.54) is 0 Å². The molecule has 1 saturated heterocycles. The molecule has 3 amide bonds. The number of nitrogens with zero attached hydrogens (tertiary/aromatic N) is 1. The van der Waals surface area contributed by atoms with E-state index < -0.39 is 11.8 Å². The van der Waals surface area contributed by atoms with Crippen molar-refractivity contribution >= 4 is 29.3 Å². The topological polar surface area (TPSA) is 87.7 Å². The number of halogens is 1. The van der Waals surface area contributed by atoms with Crippen molar-refractivity contribution in [3.63, 3.8) is 0 Å². The molecule has 0 radical (unpaired) electrons. The summed E-state index contributed by atoms with van der Waals surface area (Å²) in [6, 6.07) is 16.7. The second-order valence-corrected chi connectivity index (χ2v) is 6.97. The highest BCUT2D eigenvalue weighted by molar-refractivity contribution is 6.35. The first-order valence-corrected chi connectivity index (χ1v) is 9.66. The fraction of sp³-hybridized carbons (Fsp3) is 0.286. The highest BCUT2D eigenvalue weighted by atomic mass is 35.5. The Labute approximate surface area is 174 Å². The summed E-state index contributed by atoms with van der Waals surface area (Å²) in [5.74, 6) is -1.94. The van der Waals surface area contributed by atoms with Crippen molar-refractivity contribution < 1.29 is 19.1 Å². The Morgan fingerprint density at radius 1 is 1.00 bits per heavy atom. The molecule has 2 N–H and O–H groups in total. The second kappa shape index (κ2) is 10.0. The zero-order chi connectivity index (χ0) is 20.6. The Hall–Kier alpha value is -2.90. The Kier molecular flexibility index (Phi) is 7.21. The quantitative estimate of drug-likeness (QED) is 0.727. The average Bonchev–Trinajstić information content (AvgIpc) is 2.77. The number of nitrogens with one attached hydrogen (secondary N) is 2. The highest BCUT2D eigenvalue weighted by Gasteiger charge is 2.26. The van der Waals surface area contributed by atoms with Crippen LogP contribution in [0.15, 0.2) is 54.6 Å². The van der Waals surface area contributed by atoms with Gasteiger partial charge in [0.05, 0.1) is 19.7 Å². The van der Waals surface area contributed by atoms with E-state index in [0.29, 0.717) is 30.3 Å². The standard InChI is InChI=1S/C21H22ClN3O4/c22-17-9-5-4-8-16(17)12-23-20(27)21(28)24-13-19(26)25-10-11-29-18(14-25)15-6-2-1-3-7-15/h1-9,18H,10-14H2,(H,23,27)(H,24,28)/t18-/m0/s1. The molecule has 1 aliphatic rings. The van der Waals surface area contributed by atoms with Crippen LogP contribution in [0.3, 0.4) is 0 Å². The summed E-state index contributed by atoms with van der Waals surface area (Å²) >= 11 is 6.02. The fourth-order valence-corrected chi connectivity index (χ4v) is 3.19. The molecule has 1 aliphatic heterocycles. The second-order valence-electron chi connectivity index (χ2n) is 6.57. The van der Waals surface area contributed by atoms with Crippen LogP contribution in [0.1, 0.15) is 17.2 Å². The third kappa shape index (κ3) is 5.79. The molecule has 1 heterocycles. The molecule has 0 spiro atoms. The van der Waals surface area contributed by atoms with Crippen LogP contribution >= 0.6 is 11.6 Å². The Morgan fingerprint density at radius 3 is 2.45 bits per heavy atom. The zero-order valence-electron chi connectivity index (χ0n) is 15.8. The number of morpholine rings is 1. The number of amides is 3. The number of rotatable bonds is 5. The van der Waals surface area contributed by atoms with Gasteiger partial charge in [0.2, 0.25) is 5.91 Å². The van der Waals surface area contributed by atoms with Crippen molar-refractivity contribution in [2.45, 2.75) is 12.6 Å². The first-order valence-electron chi connectivity index (χ1n) is 9.28. The number of hydrogen-bond acceptors (Lipinski definition) is 4. The Bertz CT molecular complexity index is 875. The number of carbonyl (C=O) groups is 3. The Morgan fingerprint density at radius 2 is 1.69 bits per heavy atom. The van der Waals surface area contributed by atoms with E-state index in [4.69, 9.17) is 16.3 Å². The van der Waals surface area contributed by atoms with Crippen LogP contribution < -0.4 is 10.6 Å². The molecule has 152 valence electrons. The molecule has 1 fully saturated rings. The van der Waals surface area contributed by atoms with E-state index in [1.54, 1.807) is 29.2 Å². The number of hydrogen-bond donors (Lipinski definition) is 2. The molecule has 0 unspecified atom stereocenters. The molecule has 1 atom stereocenters. The maximum atomic E-state index is 12.4. The third-order valence-electron chi connectivity index (χ3n) is 4.59. The van der Waals surface area contributed by atoms with Crippen LogP contribution in [0.25, 0.3) is 0 Å². The monoisotopic (exact) mass is 415 g/mol. The SMILES string of the molecule is O=C(NCC(=O)N1CCO[C@H](c2ccccc2)C1)C(=O)NCc1ccccc1Cl. The smallest absolute Gasteiger partial charge is 0.309 e. The van der Waals surface area contributed by atoms with Gasteiger partial charge in [0, 0.05) is 18.1 Å². The molecule has 8 heteroatoms. The molecule has 0 bridgehead atoms. The van der Waals surface area contributed by atoms with Crippen LogP contribution in [0.5, 0.6) is 0 Å². The minimum atomic E-state index is -0.863. The third-order valence-corrected chi connectivity index (χ3v) is 4.96. The summed E-state index contributed by atoms with van der Waals surface area (Å²) in [5.41, 5.74) is 1.69. The van der Waals surface area contributed by atoms with Gasteiger partial charge in [-0.3, -0.25) is 14.4 Å². The van der Waals surface area contributed by atoms with Crippen LogP contribution in [0, 0.1) is 0 Å². The van der Waals surface area contributed by atoms with Gasteiger partial charge in [-0.1, -0.05) is 60.1 Å². The van der Waals surface area contributed by atoms with Crippen LogP contribution in [-0.2, 0) is 25.7 Å². The summed E-state index contributed by atoms with van der Waals surface area (Å²) < 4.78 is 5.74. The first kappa shape index (κ1) is 20.8. The van der Waals surface area contributed by atoms with Gasteiger partial charge < -0.3 is 20.3 Å². The molecule has 29 heavy (non-hydrogen) atoms. The average molecular weight is 416 g/mol. The van der Waals surface area contributed by atoms with Gasteiger partial charge in [-0.25, -0.2) is 0 Å². The van der Waals surface area contributed by atoms with E-state index in [1.807, 2.05) is 30.3 Å². The van der Waals surface area contributed by atoms with Crippen LogP contribution in [0.2, 0.25) is 5.02 Å². The summed E-state index contributed by atoms with van der Waals surface area (Å²) in [4.78, 5) is 38.0. The largest absolute Gasteiger partial charge is 0.370 e. The van der Waals surface area contributed by atoms with Crippen LogP contribution in [-0.4, -0.2) is 48.9 Å². The molecule has 0 saturated carbocycles. The molecular weight excluding hydrogens is 394 g/mol. The van der Waals surface area contributed by atoms with E-state index in [0.717, 1.165) is 5.56 Å². The predicted molar refractivity (Wildman–Crippen MR) is 108 cm³/mol. The van der Waals surface area contributed by atoms with Gasteiger partial charge in [-0.05, 0) is 17.2 Å². The van der Waals surface area contributed by atoms with Gasteiger partial charge in [0.25, 0.3) is 0 Å². The van der Waals surface area contributed by atoms with E-state index in [2.05, 4.69) is 10.6 Å². The first-order chi connectivity index (χ1) is 14.0. The van der Waals surface area contributed by atoms with Crippen molar-refractivity contribution in [3.8, 4) is 0 Å². The molecule has 2 aromatic carbocycles. The molecule has 3 rings (SSSR count). The predicted octanol–water partition coefficient (Wildman–Crippen LogP) is 1.67. The summed E-state index contributed by atoms with van der Waals surface area (Å²) in [6.45, 7) is 1.13. The van der Waals surface area contributed by atoms with Crippen molar-refractivity contribution in [2.75, 3.05) is 26.2 Å². The maximum absolute atomic E-state index is 12.4. The van der Waals surface area contributed by atoms with Crippen molar-refractivity contribution in [3.05, 3.63) is 70.7 Å². The van der Waals surface area contributed by atoms with Gasteiger partial charge in [-0.2, -0.15) is 0 Å². The number of benzene rings is 2. The van der Waals surface area contributed by atoms with Crippen molar-refractivity contribution in [1.82, 2.24) is 15.5 Å². The molecule has 0 aromatic heterocycles. The molecular formula is C21H22ClN3O4. The molecule has 0 aliphatic carbocycles. The zero-order valence-corrected chi connectivity index (χ0v) is 16.5. The number of ether oxygens (including phenoxy) is 1. The number of carbonyl (C=O) groups excluding carboxylic acids is 3. The van der Waals surface area contributed by atoms with E-state index in [9.17, 15) is 14.4 Å². The molecule has 2 aromatic rings. The maximum Gasteiger partial charge on any atom is 0.309 e. The highest BCUT2D eigenvalue weighted by Crippen LogP contribution is 2.21. The summed E-state index contributed by atoms with van der Waals surface area (Å²) in [5, 5.41) is 5.36. The fourth-order valence-electron chi connectivity index (χ4n) is 2.99. The lowest BCUT2D eigenvalue weighted by molar-refractivity contribution is -0.142. The molecule has 7 nitrogen and oxygen atoms in total. The van der Waals surface area contributed by atoms with Gasteiger partial charge in [0.15, 0.2) is 0 Å². The van der Waals surface area contributed by atoms with E-state index >= 15 is 0 Å². The normalized spacial score (nSPS) is 16.2. The summed E-state index contributed by atoms with van der Waals surface area (Å²) in [7, 11) is 0. The lowest BCUT2D eigenvalue weighted by Gasteiger charge is -2.33.